The normalized spacial score (nSPS) is 11.0. The third-order valence-corrected chi connectivity index (χ3v) is 3.44. The van der Waals surface area contributed by atoms with Gasteiger partial charge in [-0.2, -0.15) is 10.2 Å². The number of nitrogens with one attached hydrogen (secondary N) is 1. The molecule has 100 valence electrons. The Balaban J connectivity index is 2.25. The lowest BCUT2D eigenvalue weighted by atomic mass is 9.99. The van der Waals surface area contributed by atoms with Crippen LogP contribution in [-0.2, 0) is 0 Å². The molecule has 2 heterocycles. The van der Waals surface area contributed by atoms with Gasteiger partial charge in [0.15, 0.2) is 0 Å². The molecule has 0 bridgehead atoms. The minimum absolute atomic E-state index is 0.282. The highest BCUT2D eigenvalue weighted by atomic mass is 16.1. The molecule has 0 aliphatic rings. The van der Waals surface area contributed by atoms with Crippen molar-refractivity contribution in [2.45, 2.75) is 0 Å². The van der Waals surface area contributed by atoms with Gasteiger partial charge in [-0.3, -0.25) is 4.79 Å². The molecule has 0 saturated carbocycles. The van der Waals surface area contributed by atoms with E-state index in [1.807, 2.05) is 36.4 Å². The Morgan fingerprint density at radius 3 is 2.67 bits per heavy atom. The lowest BCUT2D eigenvalue weighted by Crippen LogP contribution is -2.11. The van der Waals surface area contributed by atoms with E-state index in [0.29, 0.717) is 10.9 Å². The summed E-state index contributed by atoms with van der Waals surface area (Å²) in [4.78, 5) is 12.2. The van der Waals surface area contributed by atoms with Crippen LogP contribution in [-0.4, -0.2) is 25.6 Å². The van der Waals surface area contributed by atoms with Crippen molar-refractivity contribution in [2.75, 3.05) is 0 Å². The molecule has 2 aromatic heterocycles. The van der Waals surface area contributed by atoms with Crippen LogP contribution in [0.2, 0.25) is 0 Å². The van der Waals surface area contributed by atoms with Gasteiger partial charge in [0.2, 0.25) is 0 Å². The predicted octanol–water partition coefficient (Wildman–Crippen LogP) is 1.93. The van der Waals surface area contributed by atoms with Crippen molar-refractivity contribution in [3.05, 3.63) is 59.1 Å². The van der Waals surface area contributed by atoms with Gasteiger partial charge in [-0.25, -0.2) is 5.10 Å². The van der Waals surface area contributed by atoms with Crippen molar-refractivity contribution >= 4 is 21.7 Å². The Kier molecular flexibility index (Phi) is 2.47. The summed E-state index contributed by atoms with van der Waals surface area (Å²) in [5.41, 5.74) is 2.10. The third-order valence-electron chi connectivity index (χ3n) is 3.44. The highest BCUT2D eigenvalue weighted by molar-refractivity contribution is 6.11. The van der Waals surface area contributed by atoms with Crippen molar-refractivity contribution in [3.63, 3.8) is 0 Å². The van der Waals surface area contributed by atoms with E-state index in [2.05, 4.69) is 25.6 Å². The SMILES string of the molecule is O=c1[nH]nnc2c(-c3ccccc3)cc3cnncc3c12. The summed E-state index contributed by atoms with van der Waals surface area (Å²) in [6.45, 7) is 0. The number of hydrogen-bond acceptors (Lipinski definition) is 5. The van der Waals surface area contributed by atoms with Crippen LogP contribution < -0.4 is 5.56 Å². The highest BCUT2D eigenvalue weighted by Gasteiger charge is 2.13. The molecule has 6 nitrogen and oxygen atoms in total. The second-order valence-electron chi connectivity index (χ2n) is 4.65. The minimum Gasteiger partial charge on any atom is -0.267 e. The van der Waals surface area contributed by atoms with Gasteiger partial charge < -0.3 is 0 Å². The average molecular weight is 275 g/mol. The van der Waals surface area contributed by atoms with E-state index < -0.39 is 0 Å². The van der Waals surface area contributed by atoms with Gasteiger partial charge in [0.1, 0.15) is 5.52 Å². The largest absolute Gasteiger partial charge is 0.275 e. The topological polar surface area (TPSA) is 84.4 Å². The van der Waals surface area contributed by atoms with Gasteiger partial charge >= 0.3 is 0 Å². The van der Waals surface area contributed by atoms with E-state index in [0.717, 1.165) is 21.9 Å². The van der Waals surface area contributed by atoms with E-state index >= 15 is 0 Å². The summed E-state index contributed by atoms with van der Waals surface area (Å²) in [6, 6.07) is 11.7. The van der Waals surface area contributed by atoms with E-state index in [1.165, 1.54) is 0 Å². The minimum atomic E-state index is -0.282. The van der Waals surface area contributed by atoms with Gasteiger partial charge in [0, 0.05) is 16.3 Å². The Labute approximate surface area is 118 Å². The lowest BCUT2D eigenvalue weighted by molar-refractivity contribution is 0.873. The fourth-order valence-electron chi connectivity index (χ4n) is 2.49. The first-order valence-corrected chi connectivity index (χ1v) is 6.38. The zero-order valence-electron chi connectivity index (χ0n) is 10.8. The number of H-pyrrole nitrogens is 1. The molecule has 0 aliphatic carbocycles. The molecule has 0 atom stereocenters. The molecule has 0 unspecified atom stereocenters. The maximum absolute atomic E-state index is 12.2. The summed E-state index contributed by atoms with van der Waals surface area (Å²) >= 11 is 0. The number of benzene rings is 2. The summed E-state index contributed by atoms with van der Waals surface area (Å²) in [6.07, 6.45) is 3.21. The number of rotatable bonds is 1. The number of hydrogen-bond donors (Lipinski definition) is 1. The predicted molar refractivity (Wildman–Crippen MR) is 78.7 cm³/mol. The molecule has 21 heavy (non-hydrogen) atoms. The van der Waals surface area contributed by atoms with Crippen molar-refractivity contribution in [2.24, 2.45) is 0 Å². The van der Waals surface area contributed by atoms with Crippen molar-refractivity contribution < 1.29 is 0 Å². The lowest BCUT2D eigenvalue weighted by Gasteiger charge is -2.07. The van der Waals surface area contributed by atoms with E-state index in [1.54, 1.807) is 12.4 Å². The zero-order chi connectivity index (χ0) is 14.2. The maximum Gasteiger partial charge on any atom is 0.275 e. The number of aromatic amines is 1. The van der Waals surface area contributed by atoms with Gasteiger partial charge in [0.25, 0.3) is 5.56 Å². The van der Waals surface area contributed by atoms with Gasteiger partial charge in [-0.15, -0.1) is 5.10 Å². The molecule has 4 aromatic rings. The van der Waals surface area contributed by atoms with Crippen LogP contribution >= 0.6 is 0 Å². The molecular formula is C15H9N5O. The first-order valence-electron chi connectivity index (χ1n) is 6.38. The molecule has 0 saturated heterocycles. The maximum atomic E-state index is 12.2. The van der Waals surface area contributed by atoms with Crippen LogP contribution in [0.25, 0.3) is 32.8 Å². The Morgan fingerprint density at radius 1 is 1.00 bits per heavy atom. The van der Waals surface area contributed by atoms with Crippen LogP contribution in [0, 0.1) is 0 Å². The smallest absolute Gasteiger partial charge is 0.267 e. The quantitative estimate of drug-likeness (QED) is 0.536. The molecule has 2 aromatic carbocycles. The first-order chi connectivity index (χ1) is 10.3. The number of fused-ring (bicyclic) bond motifs is 3. The van der Waals surface area contributed by atoms with Crippen molar-refractivity contribution in [1.29, 1.82) is 0 Å². The average Bonchev–Trinajstić information content (AvgIpc) is 2.55. The van der Waals surface area contributed by atoms with E-state index in [-0.39, 0.29) is 5.56 Å². The fourth-order valence-corrected chi connectivity index (χ4v) is 2.49. The van der Waals surface area contributed by atoms with Gasteiger partial charge in [-0.05, 0) is 11.6 Å². The summed E-state index contributed by atoms with van der Waals surface area (Å²) in [5.74, 6) is 0. The molecular weight excluding hydrogens is 266 g/mol. The standard InChI is InChI=1S/C15H9N5O/c21-15-13-12-8-17-16-7-10(12)6-11(14(13)18-20-19-15)9-4-2-1-3-5-9/h1-8H,(H,18,19,21). The molecule has 4 rings (SSSR count). The Hall–Kier alpha value is -3.15. The van der Waals surface area contributed by atoms with Crippen LogP contribution in [0.1, 0.15) is 0 Å². The van der Waals surface area contributed by atoms with Crippen LogP contribution in [0.15, 0.2) is 53.6 Å². The Bertz CT molecular complexity index is 1010. The van der Waals surface area contributed by atoms with Crippen LogP contribution in [0.4, 0.5) is 0 Å². The number of aromatic nitrogens is 5. The molecule has 0 radical (unpaired) electrons. The summed E-state index contributed by atoms with van der Waals surface area (Å²) in [5, 5.41) is 20.0. The van der Waals surface area contributed by atoms with Gasteiger partial charge in [0.05, 0.1) is 17.8 Å². The second kappa shape index (κ2) is 4.45. The van der Waals surface area contributed by atoms with Gasteiger partial charge in [-0.1, -0.05) is 35.5 Å². The summed E-state index contributed by atoms with van der Waals surface area (Å²) in [7, 11) is 0. The molecule has 0 spiro atoms. The summed E-state index contributed by atoms with van der Waals surface area (Å²) < 4.78 is 0. The first kappa shape index (κ1) is 11.7. The highest BCUT2D eigenvalue weighted by Crippen LogP contribution is 2.30. The van der Waals surface area contributed by atoms with Crippen molar-refractivity contribution in [3.8, 4) is 11.1 Å². The second-order valence-corrected chi connectivity index (χ2v) is 4.65. The molecule has 6 heteroatoms. The van der Waals surface area contributed by atoms with Crippen LogP contribution in [0.5, 0.6) is 0 Å². The third kappa shape index (κ3) is 1.77. The van der Waals surface area contributed by atoms with Crippen molar-refractivity contribution in [1.82, 2.24) is 25.6 Å². The molecule has 0 aliphatic heterocycles. The molecule has 1 N–H and O–H groups in total. The van der Waals surface area contributed by atoms with E-state index in [9.17, 15) is 4.79 Å². The molecule has 0 amide bonds. The van der Waals surface area contributed by atoms with Crippen LogP contribution in [0.3, 0.4) is 0 Å². The Morgan fingerprint density at radius 2 is 1.81 bits per heavy atom. The number of nitrogens with zero attached hydrogens (tertiary/aromatic N) is 4. The zero-order valence-corrected chi connectivity index (χ0v) is 10.8. The molecule has 0 fully saturated rings. The fraction of sp³-hybridized carbons (Fsp3) is 0. The van der Waals surface area contributed by atoms with E-state index in [4.69, 9.17) is 0 Å². The monoisotopic (exact) mass is 275 g/mol.